The number of rotatable bonds is 1. The largest absolute Gasteiger partial charge is 1.00 e. The Kier molecular flexibility index (Phi) is 5.09. The molecule has 6 heteroatoms. The van der Waals surface area contributed by atoms with Crippen LogP contribution in [-0.2, 0) is 10.1 Å². The Morgan fingerprint density at radius 2 is 1.92 bits per heavy atom. The van der Waals surface area contributed by atoms with Crippen molar-refractivity contribution in [3.8, 4) is 5.75 Å². The molecule has 1 aromatic carbocycles. The molecule has 0 bridgehead atoms. The Morgan fingerprint density at radius 3 is 2.31 bits per heavy atom. The summed E-state index contributed by atoms with van der Waals surface area (Å²) in [6.45, 7) is 1.63. The van der Waals surface area contributed by atoms with Crippen molar-refractivity contribution < 1.29 is 69.5 Å². The van der Waals surface area contributed by atoms with E-state index in [0.29, 0.717) is 5.56 Å². The van der Waals surface area contributed by atoms with Crippen LogP contribution in [0.2, 0.25) is 0 Å². The molecule has 0 heterocycles. The summed E-state index contributed by atoms with van der Waals surface area (Å²) in [6, 6.07) is 3.84. The van der Waals surface area contributed by atoms with Crippen LogP contribution in [0.3, 0.4) is 0 Å². The topological polar surface area (TPSA) is 77.4 Å². The molecule has 1 aromatic rings. The summed E-state index contributed by atoms with van der Waals surface area (Å²) in [4.78, 5) is -0.567. The quantitative estimate of drug-likeness (QED) is 0.428. The Bertz CT molecular complexity index is 399. The minimum absolute atomic E-state index is 0. The summed E-state index contributed by atoms with van der Waals surface area (Å²) in [7, 11) is -4.56. The average Bonchev–Trinajstić information content (AvgIpc) is 1.92. The molecule has 0 fully saturated rings. The van der Waals surface area contributed by atoms with Gasteiger partial charge in [-0.05, 0) is 24.6 Å². The predicted octanol–water partition coefficient (Wildman–Crippen LogP) is -2.39. The average molecular weight is 226 g/mol. The molecule has 0 saturated carbocycles. The van der Waals surface area contributed by atoms with Crippen molar-refractivity contribution in [3.05, 3.63) is 23.8 Å². The molecule has 0 aliphatic heterocycles. The van der Waals surface area contributed by atoms with E-state index < -0.39 is 20.8 Å². The van der Waals surface area contributed by atoms with Crippen molar-refractivity contribution in [1.82, 2.24) is 0 Å². The number of hydrogen-bond acceptors (Lipinski definition) is 4. The first-order chi connectivity index (χ1) is 5.41. The van der Waals surface area contributed by atoms with Crippen LogP contribution in [-0.4, -0.2) is 18.1 Å². The van der Waals surface area contributed by atoms with E-state index in [0.717, 1.165) is 6.07 Å². The molecule has 0 radical (unpaired) electrons. The van der Waals surface area contributed by atoms with Crippen LogP contribution >= 0.6 is 0 Å². The molecule has 0 amide bonds. The van der Waals surface area contributed by atoms with E-state index in [4.69, 9.17) is 5.11 Å². The third-order valence-electron chi connectivity index (χ3n) is 1.38. The SMILES string of the molecule is Cc1ccc(O)c(S(=O)(=O)[O-])c1.[K+]. The molecule has 0 unspecified atom stereocenters. The molecule has 0 saturated heterocycles. The van der Waals surface area contributed by atoms with E-state index in [-0.39, 0.29) is 51.4 Å². The van der Waals surface area contributed by atoms with E-state index >= 15 is 0 Å². The minimum atomic E-state index is -4.56. The fraction of sp³-hybridized carbons (Fsp3) is 0.143. The monoisotopic (exact) mass is 226 g/mol. The van der Waals surface area contributed by atoms with Gasteiger partial charge in [-0.15, -0.1) is 0 Å². The fourth-order valence-corrected chi connectivity index (χ4v) is 1.48. The number of phenols is 1. The number of aromatic hydroxyl groups is 1. The first kappa shape index (κ1) is 13.6. The van der Waals surface area contributed by atoms with Gasteiger partial charge < -0.3 is 9.66 Å². The number of phenolic OH excluding ortho intramolecular Hbond substituents is 1. The van der Waals surface area contributed by atoms with Crippen LogP contribution in [0.1, 0.15) is 5.56 Å². The first-order valence-corrected chi connectivity index (χ1v) is 4.57. The van der Waals surface area contributed by atoms with Crippen molar-refractivity contribution in [1.29, 1.82) is 0 Å². The second-order valence-corrected chi connectivity index (χ2v) is 3.77. The number of benzene rings is 1. The van der Waals surface area contributed by atoms with Crippen LogP contribution in [0.25, 0.3) is 0 Å². The summed E-state index contributed by atoms with van der Waals surface area (Å²) in [5, 5.41) is 8.99. The maximum absolute atomic E-state index is 10.5. The van der Waals surface area contributed by atoms with Crippen LogP contribution < -0.4 is 51.4 Å². The van der Waals surface area contributed by atoms with Crippen molar-refractivity contribution >= 4 is 10.1 Å². The summed E-state index contributed by atoms with van der Waals surface area (Å²) in [5.74, 6) is -0.504. The Labute approximate surface area is 119 Å². The van der Waals surface area contributed by atoms with Gasteiger partial charge in [0.2, 0.25) is 0 Å². The van der Waals surface area contributed by atoms with Gasteiger partial charge in [0.05, 0.1) is 4.90 Å². The molecule has 4 nitrogen and oxygen atoms in total. The zero-order valence-corrected chi connectivity index (χ0v) is 11.3. The Morgan fingerprint density at radius 1 is 1.38 bits per heavy atom. The molecule has 0 atom stereocenters. The van der Waals surface area contributed by atoms with Crippen LogP contribution in [0.15, 0.2) is 23.1 Å². The normalized spacial score (nSPS) is 10.6. The smallest absolute Gasteiger partial charge is 0.744 e. The first-order valence-electron chi connectivity index (χ1n) is 3.17. The standard InChI is InChI=1S/C7H8O4S.K/c1-5-2-3-6(8)7(4-5)12(9,10)11;/h2-4,8H,1H3,(H,9,10,11);/q;+1/p-1. The van der Waals surface area contributed by atoms with Gasteiger partial charge in [-0.25, -0.2) is 8.42 Å². The third kappa shape index (κ3) is 3.66. The van der Waals surface area contributed by atoms with E-state index in [1.165, 1.54) is 12.1 Å². The van der Waals surface area contributed by atoms with E-state index in [2.05, 4.69) is 0 Å². The summed E-state index contributed by atoms with van der Waals surface area (Å²) in [5.41, 5.74) is 0.613. The number of aryl methyl sites for hydroxylation is 1. The minimum Gasteiger partial charge on any atom is -0.744 e. The van der Waals surface area contributed by atoms with Crippen LogP contribution in [0.5, 0.6) is 5.75 Å². The van der Waals surface area contributed by atoms with E-state index in [1.807, 2.05) is 0 Å². The van der Waals surface area contributed by atoms with Gasteiger partial charge in [0.15, 0.2) is 0 Å². The van der Waals surface area contributed by atoms with Gasteiger partial charge in [0.25, 0.3) is 0 Å². The summed E-state index contributed by atoms with van der Waals surface area (Å²) >= 11 is 0. The number of hydrogen-bond donors (Lipinski definition) is 1. The molecular formula is C7H7KO4S. The van der Waals surface area contributed by atoms with Gasteiger partial charge in [-0.3, -0.25) is 0 Å². The zero-order chi connectivity index (χ0) is 9.35. The van der Waals surface area contributed by atoms with Gasteiger partial charge in [-0.2, -0.15) is 0 Å². The molecular weight excluding hydrogens is 219 g/mol. The molecule has 0 spiro atoms. The van der Waals surface area contributed by atoms with Crippen LogP contribution in [0, 0.1) is 6.92 Å². The maximum atomic E-state index is 10.5. The van der Waals surface area contributed by atoms with Gasteiger partial charge in [-0.1, -0.05) is 6.07 Å². The van der Waals surface area contributed by atoms with Crippen molar-refractivity contribution in [2.75, 3.05) is 0 Å². The molecule has 1 rings (SSSR count). The van der Waals surface area contributed by atoms with Crippen molar-refractivity contribution in [2.24, 2.45) is 0 Å². The van der Waals surface area contributed by atoms with Crippen molar-refractivity contribution in [2.45, 2.75) is 11.8 Å². The molecule has 66 valence electrons. The van der Waals surface area contributed by atoms with E-state index in [1.54, 1.807) is 6.92 Å². The Hall–Kier alpha value is 0.566. The van der Waals surface area contributed by atoms with Gasteiger partial charge in [0.1, 0.15) is 15.9 Å². The summed E-state index contributed by atoms with van der Waals surface area (Å²) < 4.78 is 31.5. The molecule has 0 aliphatic carbocycles. The maximum Gasteiger partial charge on any atom is 1.00 e. The summed E-state index contributed by atoms with van der Waals surface area (Å²) in [6.07, 6.45) is 0. The predicted molar refractivity (Wildman–Crippen MR) is 40.8 cm³/mol. The second kappa shape index (κ2) is 4.88. The second-order valence-electron chi connectivity index (χ2n) is 2.43. The van der Waals surface area contributed by atoms with Crippen molar-refractivity contribution in [3.63, 3.8) is 0 Å². The third-order valence-corrected chi connectivity index (χ3v) is 2.25. The van der Waals surface area contributed by atoms with Gasteiger partial charge >= 0.3 is 51.4 Å². The van der Waals surface area contributed by atoms with Gasteiger partial charge in [0, 0.05) is 0 Å². The molecule has 0 aliphatic rings. The molecule has 1 N–H and O–H groups in total. The zero-order valence-electron chi connectivity index (χ0n) is 7.31. The molecule has 0 aromatic heterocycles. The van der Waals surface area contributed by atoms with Crippen LogP contribution in [0.4, 0.5) is 0 Å². The Balaban J connectivity index is 0.00000144. The molecule has 13 heavy (non-hydrogen) atoms. The fourth-order valence-electron chi connectivity index (χ4n) is 0.822. The van der Waals surface area contributed by atoms with E-state index in [9.17, 15) is 13.0 Å².